The summed E-state index contributed by atoms with van der Waals surface area (Å²) in [5, 5.41) is 24.8. The minimum atomic E-state index is -4.77. The van der Waals surface area contributed by atoms with Gasteiger partial charge in [0.15, 0.2) is 11.6 Å². The Morgan fingerprint density at radius 3 is 2.14 bits per heavy atom. The number of hydrogen-bond donors (Lipinski definition) is 1. The summed E-state index contributed by atoms with van der Waals surface area (Å²) in [7, 11) is -3.48. The van der Waals surface area contributed by atoms with Gasteiger partial charge in [0.1, 0.15) is 53.9 Å². The maximum absolute atomic E-state index is 15.0. The molecule has 0 aliphatic carbocycles. The van der Waals surface area contributed by atoms with Gasteiger partial charge in [-0.05, 0) is 75.2 Å². The summed E-state index contributed by atoms with van der Waals surface area (Å²) in [6.45, 7) is 6.42. The van der Waals surface area contributed by atoms with Crippen LogP contribution in [0.25, 0.3) is 5.52 Å². The summed E-state index contributed by atoms with van der Waals surface area (Å²) in [5.41, 5.74) is 4.30. The number of unbranched alkanes of at least 4 members (excludes halogenated alkanes) is 15. The Balaban J connectivity index is 1.25. The highest BCUT2D eigenvalue weighted by molar-refractivity contribution is 7.49. The fraction of sp³-hybridized carbons (Fsp3) is 0.608. The summed E-state index contributed by atoms with van der Waals surface area (Å²) >= 11 is 6.49. The second-order valence-corrected chi connectivity index (χ2v) is 20.5. The predicted octanol–water partition coefficient (Wildman–Crippen LogP) is 12.6. The van der Waals surface area contributed by atoms with Crippen molar-refractivity contribution in [3.05, 3.63) is 88.6 Å². The molecule has 0 spiro atoms. The van der Waals surface area contributed by atoms with Crippen LogP contribution in [0.2, 0.25) is 5.02 Å². The highest BCUT2D eigenvalue weighted by Crippen LogP contribution is 2.53. The van der Waals surface area contributed by atoms with E-state index in [1.54, 1.807) is 51.1 Å². The average molecular weight is 998 g/mol. The Labute approximate surface area is 412 Å². The van der Waals surface area contributed by atoms with Crippen molar-refractivity contribution in [3.8, 4) is 17.9 Å². The monoisotopic (exact) mass is 996 g/mol. The fourth-order valence-electron chi connectivity index (χ4n) is 8.25. The van der Waals surface area contributed by atoms with Crippen LogP contribution in [0.5, 0.6) is 5.75 Å². The van der Waals surface area contributed by atoms with E-state index < -0.39 is 56.1 Å². The maximum Gasteiger partial charge on any atom is 0.530 e. The van der Waals surface area contributed by atoms with Crippen molar-refractivity contribution < 1.29 is 46.2 Å². The van der Waals surface area contributed by atoms with Crippen LogP contribution in [0, 0.1) is 28.5 Å². The zero-order valence-corrected chi connectivity index (χ0v) is 42.6. The number of hydrogen-bond acceptors (Lipinski definition) is 14. The van der Waals surface area contributed by atoms with Crippen LogP contribution in [-0.4, -0.2) is 71.2 Å². The van der Waals surface area contributed by atoms with Crippen LogP contribution in [0.4, 0.5) is 10.2 Å². The smallest absolute Gasteiger partial charge is 0.402 e. The number of nitrogens with zero attached hydrogens (tertiary/aromatic N) is 5. The van der Waals surface area contributed by atoms with Gasteiger partial charge in [0.25, 0.3) is 0 Å². The van der Waals surface area contributed by atoms with E-state index in [0.29, 0.717) is 23.4 Å². The van der Waals surface area contributed by atoms with Gasteiger partial charge in [-0.15, -0.1) is 0 Å². The number of benzene rings is 2. The van der Waals surface area contributed by atoms with E-state index in [1.807, 2.05) is 6.07 Å². The number of phosphoric acid groups is 1. The number of nitriles is 2. The van der Waals surface area contributed by atoms with Gasteiger partial charge < -0.3 is 33.9 Å². The third-order valence-corrected chi connectivity index (χ3v) is 13.8. The molecule has 5 rings (SSSR count). The molecule has 0 radical (unpaired) electrons. The Morgan fingerprint density at radius 2 is 1.52 bits per heavy atom. The lowest BCUT2D eigenvalue weighted by Crippen LogP contribution is -2.50. The van der Waals surface area contributed by atoms with Gasteiger partial charge in [-0.1, -0.05) is 127 Å². The number of anilines is 1. The average Bonchev–Trinajstić information content (AvgIpc) is 3.92. The summed E-state index contributed by atoms with van der Waals surface area (Å²) in [6, 6.07) is 17.8. The molecular formula is C51H71ClFN6O9P. The molecule has 2 N–H and O–H groups in total. The minimum Gasteiger partial charge on any atom is -0.402 e. The summed E-state index contributed by atoms with van der Waals surface area (Å²) in [5.74, 6) is -1.62. The van der Waals surface area contributed by atoms with Crippen LogP contribution >= 0.6 is 19.4 Å². The molecule has 2 aromatic carbocycles. The molecule has 15 nitrogen and oxygen atoms in total. The van der Waals surface area contributed by atoms with Crippen LogP contribution in [0.3, 0.4) is 0 Å². The highest BCUT2D eigenvalue weighted by Gasteiger charge is 2.57. The normalized spacial score (nSPS) is 18.3. The Kier molecular flexibility index (Phi) is 22.2. The molecule has 69 heavy (non-hydrogen) atoms. The Bertz CT molecular complexity index is 2340. The SMILES string of the molecule is CCCCCCCCCCCCCCCCCCOC[C@](C)(COP(=O)(OC[C@@](C#N)(OC)[C@H]1OC(C)(C)O[C@H]1c1ccc2c(N)ncnn12)Oc1ccccc1Cl)OCc1cc(F)cc(C#N)c1. The molecule has 5 atom stereocenters. The molecule has 18 heteroatoms. The van der Waals surface area contributed by atoms with Gasteiger partial charge in [-0.25, -0.2) is 18.5 Å². The molecule has 4 aromatic rings. The molecule has 1 fully saturated rings. The third kappa shape index (κ3) is 17.0. The lowest BCUT2D eigenvalue weighted by Gasteiger charge is -2.34. The quantitative estimate of drug-likeness (QED) is 0.0350. The molecule has 0 amide bonds. The van der Waals surface area contributed by atoms with E-state index in [1.165, 1.54) is 120 Å². The molecule has 0 saturated carbocycles. The number of nitrogens with two attached hydrogens (primary N) is 1. The summed E-state index contributed by atoms with van der Waals surface area (Å²) < 4.78 is 80.2. The lowest BCUT2D eigenvalue weighted by molar-refractivity contribution is -0.171. The first-order valence-corrected chi connectivity index (χ1v) is 26.2. The van der Waals surface area contributed by atoms with Crippen LogP contribution in [0.1, 0.15) is 153 Å². The van der Waals surface area contributed by atoms with Crippen molar-refractivity contribution in [2.75, 3.05) is 39.3 Å². The molecule has 2 aromatic heterocycles. The van der Waals surface area contributed by atoms with Crippen LogP contribution in [0.15, 0.2) is 60.9 Å². The van der Waals surface area contributed by atoms with E-state index in [-0.39, 0.29) is 35.4 Å². The zero-order chi connectivity index (χ0) is 49.8. The molecule has 1 unspecified atom stereocenters. The number of aromatic nitrogens is 3. The fourth-order valence-corrected chi connectivity index (χ4v) is 9.84. The molecular weight excluding hydrogens is 926 g/mol. The van der Waals surface area contributed by atoms with Gasteiger partial charge in [0.2, 0.25) is 5.60 Å². The molecule has 3 heterocycles. The van der Waals surface area contributed by atoms with Crippen molar-refractivity contribution in [2.24, 2.45) is 0 Å². The van der Waals surface area contributed by atoms with Gasteiger partial charge in [-0.3, -0.25) is 9.05 Å². The minimum absolute atomic E-state index is 0.0231. The van der Waals surface area contributed by atoms with E-state index in [0.717, 1.165) is 25.3 Å². The number of para-hydroxylation sites is 1. The lowest BCUT2D eigenvalue weighted by atomic mass is 9.93. The van der Waals surface area contributed by atoms with Gasteiger partial charge in [0.05, 0.1) is 42.2 Å². The first kappa shape index (κ1) is 55.7. The standard InChI is InChI=1S/C51H71ClFN6O9P/c1-6-7-8-9-10-11-12-13-14-15-16-17-18-19-20-23-28-62-35-50(4,63-33-40-29-39(32-54)30-41(53)31-40)36-64-69(60,68-45-25-22-21-24-42(45)52)65-37-51(34-55,61-5)47-46(66-49(2,3)67-47)43-26-27-44-48(56)57-38-58-59(43)44/h21-22,24-27,29-31,38,46-47H,6-20,23,28,33,35-37H2,1-5H3,(H2,56,57,58)/t46-,47-,50+,51+,69?/m0/s1. The second-order valence-electron chi connectivity index (χ2n) is 18.5. The van der Waals surface area contributed by atoms with Crippen molar-refractivity contribution in [1.82, 2.24) is 14.6 Å². The highest BCUT2D eigenvalue weighted by atomic mass is 35.5. The van der Waals surface area contributed by atoms with E-state index >= 15 is 0 Å². The van der Waals surface area contributed by atoms with Crippen molar-refractivity contribution in [2.45, 2.75) is 166 Å². The molecule has 0 bridgehead atoms. The van der Waals surface area contributed by atoms with Crippen molar-refractivity contribution in [3.63, 3.8) is 0 Å². The number of ether oxygens (including phenoxy) is 5. The summed E-state index contributed by atoms with van der Waals surface area (Å²) in [6.07, 6.45) is 19.1. The molecule has 378 valence electrons. The number of fused-ring (bicyclic) bond motifs is 1. The second kappa shape index (κ2) is 27.4. The van der Waals surface area contributed by atoms with Crippen LogP contribution in [-0.2, 0) is 43.9 Å². The van der Waals surface area contributed by atoms with E-state index in [2.05, 4.69) is 23.1 Å². The first-order valence-electron chi connectivity index (χ1n) is 24.3. The van der Waals surface area contributed by atoms with E-state index in [4.69, 9.17) is 54.6 Å². The Hall–Kier alpha value is -4.19. The Morgan fingerprint density at radius 1 is 0.884 bits per heavy atom. The molecule has 1 aliphatic heterocycles. The van der Waals surface area contributed by atoms with Gasteiger partial charge in [-0.2, -0.15) is 15.6 Å². The number of halogens is 2. The van der Waals surface area contributed by atoms with E-state index in [9.17, 15) is 19.5 Å². The van der Waals surface area contributed by atoms with Gasteiger partial charge >= 0.3 is 7.82 Å². The molecule has 1 saturated heterocycles. The summed E-state index contributed by atoms with van der Waals surface area (Å²) in [4.78, 5) is 4.07. The number of phosphoric ester groups is 1. The largest absolute Gasteiger partial charge is 0.530 e. The predicted molar refractivity (Wildman–Crippen MR) is 262 cm³/mol. The topological polar surface area (TPSA) is 195 Å². The first-order chi connectivity index (χ1) is 33.2. The van der Waals surface area contributed by atoms with Crippen molar-refractivity contribution >= 4 is 30.8 Å². The number of nitrogen functional groups attached to an aromatic ring is 1. The number of rotatable bonds is 33. The van der Waals surface area contributed by atoms with Gasteiger partial charge in [0, 0.05) is 13.7 Å². The number of methoxy groups -OCH3 is 1. The molecule has 1 aliphatic rings. The van der Waals surface area contributed by atoms with Crippen molar-refractivity contribution in [1.29, 1.82) is 10.5 Å². The van der Waals surface area contributed by atoms with Crippen LogP contribution < -0.4 is 10.3 Å². The third-order valence-electron chi connectivity index (χ3n) is 12.1. The maximum atomic E-state index is 15.0. The zero-order valence-electron chi connectivity index (χ0n) is 41.0.